The van der Waals surface area contributed by atoms with Gasteiger partial charge in [0.2, 0.25) is 5.91 Å². The third-order valence-corrected chi connectivity index (χ3v) is 4.97. The first-order chi connectivity index (χ1) is 12.5. The second-order valence-corrected chi connectivity index (χ2v) is 7.42. The van der Waals surface area contributed by atoms with Crippen molar-refractivity contribution in [3.8, 4) is 5.69 Å². The lowest BCUT2D eigenvalue weighted by atomic mass is 10.0. The number of carbonyl (C=O) groups excluding carboxylic acids is 1. The van der Waals surface area contributed by atoms with E-state index in [2.05, 4.69) is 29.4 Å². The summed E-state index contributed by atoms with van der Waals surface area (Å²) < 4.78 is 1.81. The summed E-state index contributed by atoms with van der Waals surface area (Å²) in [5.41, 5.74) is 2.83. The highest BCUT2D eigenvalue weighted by molar-refractivity contribution is 7.99. The third-order valence-electron chi connectivity index (χ3n) is 3.79. The number of para-hydroxylation sites is 1. The van der Waals surface area contributed by atoms with Gasteiger partial charge in [0.15, 0.2) is 5.16 Å². The molecular formula is C19H19ClN4OS. The van der Waals surface area contributed by atoms with Gasteiger partial charge < -0.3 is 5.32 Å². The van der Waals surface area contributed by atoms with Gasteiger partial charge in [-0.1, -0.05) is 61.5 Å². The van der Waals surface area contributed by atoms with Crippen molar-refractivity contribution in [1.82, 2.24) is 14.8 Å². The lowest BCUT2D eigenvalue weighted by Gasteiger charge is -2.13. The van der Waals surface area contributed by atoms with Gasteiger partial charge in [-0.2, -0.15) is 0 Å². The smallest absolute Gasteiger partial charge is 0.234 e. The summed E-state index contributed by atoms with van der Waals surface area (Å²) in [5, 5.41) is 12.3. The van der Waals surface area contributed by atoms with Crippen molar-refractivity contribution < 1.29 is 4.79 Å². The van der Waals surface area contributed by atoms with Crippen molar-refractivity contribution in [2.24, 2.45) is 0 Å². The summed E-state index contributed by atoms with van der Waals surface area (Å²) in [6, 6.07) is 15.3. The van der Waals surface area contributed by atoms with E-state index in [0.29, 0.717) is 16.1 Å². The fraction of sp³-hybridized carbons (Fsp3) is 0.211. The zero-order valence-corrected chi connectivity index (χ0v) is 16.1. The van der Waals surface area contributed by atoms with E-state index in [9.17, 15) is 4.79 Å². The second-order valence-electron chi connectivity index (χ2n) is 6.04. The first-order valence-corrected chi connectivity index (χ1v) is 9.58. The van der Waals surface area contributed by atoms with E-state index in [-0.39, 0.29) is 11.7 Å². The normalized spacial score (nSPS) is 10.9. The molecule has 0 aliphatic rings. The lowest BCUT2D eigenvalue weighted by molar-refractivity contribution is -0.113. The molecule has 1 heterocycles. The van der Waals surface area contributed by atoms with Gasteiger partial charge in [0.1, 0.15) is 6.33 Å². The molecule has 26 heavy (non-hydrogen) atoms. The summed E-state index contributed by atoms with van der Waals surface area (Å²) in [4.78, 5) is 12.4. The summed E-state index contributed by atoms with van der Waals surface area (Å²) in [6.07, 6.45) is 1.61. The van der Waals surface area contributed by atoms with Gasteiger partial charge >= 0.3 is 0 Å². The van der Waals surface area contributed by atoms with Crippen molar-refractivity contribution in [3.05, 3.63) is 65.4 Å². The van der Waals surface area contributed by atoms with Gasteiger partial charge in [0.25, 0.3) is 0 Å². The predicted octanol–water partition coefficient (Wildman–Crippen LogP) is 4.77. The molecule has 0 aliphatic heterocycles. The molecule has 0 saturated carbocycles. The summed E-state index contributed by atoms with van der Waals surface area (Å²) in [5.74, 6) is 0.500. The Balaban J connectivity index is 1.67. The standard InChI is InChI=1S/C19H19ClN4OS/c1-13(2)16-8-3-4-9-17(16)22-18(25)11-26-19-23-21-12-24(19)15-7-5-6-14(20)10-15/h3-10,12-13H,11H2,1-2H3,(H,22,25). The summed E-state index contributed by atoms with van der Waals surface area (Å²) in [7, 11) is 0. The Bertz CT molecular complexity index is 910. The topological polar surface area (TPSA) is 59.8 Å². The van der Waals surface area contributed by atoms with E-state index in [4.69, 9.17) is 11.6 Å². The van der Waals surface area contributed by atoms with Gasteiger partial charge in [-0.3, -0.25) is 9.36 Å². The zero-order valence-electron chi connectivity index (χ0n) is 14.5. The zero-order chi connectivity index (χ0) is 18.5. The number of aromatic nitrogens is 3. The Labute approximate surface area is 161 Å². The molecule has 7 heteroatoms. The lowest BCUT2D eigenvalue weighted by Crippen LogP contribution is -2.16. The number of amides is 1. The molecule has 0 aliphatic carbocycles. The fourth-order valence-corrected chi connectivity index (χ4v) is 3.47. The molecule has 2 aromatic carbocycles. The van der Waals surface area contributed by atoms with Crippen LogP contribution in [0.4, 0.5) is 5.69 Å². The van der Waals surface area contributed by atoms with Crippen LogP contribution >= 0.6 is 23.4 Å². The highest BCUT2D eigenvalue weighted by Gasteiger charge is 2.12. The number of nitrogens with one attached hydrogen (secondary N) is 1. The maximum Gasteiger partial charge on any atom is 0.234 e. The average Bonchev–Trinajstić information content (AvgIpc) is 3.09. The quantitative estimate of drug-likeness (QED) is 0.619. The molecule has 1 N–H and O–H groups in total. The SMILES string of the molecule is CC(C)c1ccccc1NC(=O)CSc1nncn1-c1cccc(Cl)c1. The van der Waals surface area contributed by atoms with Crippen molar-refractivity contribution in [2.45, 2.75) is 24.9 Å². The third kappa shape index (κ3) is 4.45. The molecule has 0 atom stereocenters. The van der Waals surface area contributed by atoms with Gasteiger partial charge in [0.05, 0.1) is 11.4 Å². The highest BCUT2D eigenvalue weighted by atomic mass is 35.5. The number of carbonyl (C=O) groups is 1. The molecule has 0 bridgehead atoms. The summed E-state index contributed by atoms with van der Waals surface area (Å²) in [6.45, 7) is 4.21. The van der Waals surface area contributed by atoms with E-state index in [0.717, 1.165) is 16.9 Å². The molecule has 1 aromatic heterocycles. The molecule has 0 unspecified atom stereocenters. The molecule has 5 nitrogen and oxygen atoms in total. The number of hydrogen-bond acceptors (Lipinski definition) is 4. The van der Waals surface area contributed by atoms with Crippen LogP contribution in [-0.4, -0.2) is 26.4 Å². The number of benzene rings is 2. The maximum atomic E-state index is 12.4. The number of thioether (sulfide) groups is 1. The van der Waals surface area contributed by atoms with E-state index < -0.39 is 0 Å². The molecule has 0 spiro atoms. The van der Waals surface area contributed by atoms with Crippen molar-refractivity contribution >= 4 is 35.0 Å². The molecule has 3 rings (SSSR count). The minimum Gasteiger partial charge on any atom is -0.325 e. The first kappa shape index (κ1) is 18.5. The van der Waals surface area contributed by atoms with Gasteiger partial charge in [-0.15, -0.1) is 10.2 Å². The maximum absolute atomic E-state index is 12.4. The van der Waals surface area contributed by atoms with E-state index >= 15 is 0 Å². The molecule has 3 aromatic rings. The molecule has 0 radical (unpaired) electrons. The summed E-state index contributed by atoms with van der Waals surface area (Å²) >= 11 is 7.38. The largest absolute Gasteiger partial charge is 0.325 e. The molecule has 1 amide bonds. The number of anilines is 1. The van der Waals surface area contributed by atoms with Crippen LogP contribution in [0.15, 0.2) is 60.0 Å². The van der Waals surface area contributed by atoms with Crippen LogP contribution in [0.25, 0.3) is 5.69 Å². The van der Waals surface area contributed by atoms with Crippen molar-refractivity contribution in [3.63, 3.8) is 0 Å². The Hall–Kier alpha value is -2.31. The number of nitrogens with zero attached hydrogens (tertiary/aromatic N) is 3. The highest BCUT2D eigenvalue weighted by Crippen LogP contribution is 2.25. The van der Waals surface area contributed by atoms with Crippen LogP contribution in [0.2, 0.25) is 5.02 Å². The van der Waals surface area contributed by atoms with Crippen LogP contribution < -0.4 is 5.32 Å². The Morgan fingerprint density at radius 1 is 1.23 bits per heavy atom. The average molecular weight is 387 g/mol. The monoisotopic (exact) mass is 386 g/mol. The van der Waals surface area contributed by atoms with Crippen molar-refractivity contribution in [1.29, 1.82) is 0 Å². The molecule has 134 valence electrons. The second kappa shape index (κ2) is 8.38. The number of hydrogen-bond donors (Lipinski definition) is 1. The Kier molecular flexibility index (Phi) is 5.96. The Morgan fingerprint density at radius 3 is 2.81 bits per heavy atom. The number of rotatable bonds is 6. The minimum atomic E-state index is -0.0799. The van der Waals surface area contributed by atoms with Gasteiger partial charge in [-0.25, -0.2) is 0 Å². The van der Waals surface area contributed by atoms with Crippen LogP contribution in [-0.2, 0) is 4.79 Å². The van der Waals surface area contributed by atoms with Crippen LogP contribution in [0.3, 0.4) is 0 Å². The first-order valence-electron chi connectivity index (χ1n) is 8.22. The van der Waals surface area contributed by atoms with E-state index in [1.165, 1.54) is 11.8 Å². The molecule has 0 saturated heterocycles. The minimum absolute atomic E-state index is 0.0799. The number of halogens is 1. The Morgan fingerprint density at radius 2 is 2.04 bits per heavy atom. The molecular weight excluding hydrogens is 368 g/mol. The fourth-order valence-electron chi connectivity index (χ4n) is 2.56. The van der Waals surface area contributed by atoms with Crippen LogP contribution in [0.1, 0.15) is 25.3 Å². The van der Waals surface area contributed by atoms with Gasteiger partial charge in [0, 0.05) is 10.7 Å². The van der Waals surface area contributed by atoms with Crippen molar-refractivity contribution in [2.75, 3.05) is 11.1 Å². The van der Waals surface area contributed by atoms with Crippen LogP contribution in [0, 0.1) is 0 Å². The van der Waals surface area contributed by atoms with Crippen LogP contribution in [0.5, 0.6) is 0 Å². The van der Waals surface area contributed by atoms with E-state index in [1.807, 2.05) is 53.1 Å². The predicted molar refractivity (Wildman–Crippen MR) is 106 cm³/mol. The van der Waals surface area contributed by atoms with Gasteiger partial charge in [-0.05, 0) is 35.7 Å². The van der Waals surface area contributed by atoms with E-state index in [1.54, 1.807) is 6.33 Å². The molecule has 0 fully saturated rings.